The lowest BCUT2D eigenvalue weighted by Gasteiger charge is -2.41. The maximum Gasteiger partial charge on any atom is 0.397 e. The Morgan fingerprint density at radius 3 is 1.29 bits per heavy atom. The molecule has 0 bridgehead atoms. The van der Waals surface area contributed by atoms with Crippen LogP contribution in [0.4, 0.5) is 0 Å². The molecule has 0 amide bonds. The van der Waals surface area contributed by atoms with Gasteiger partial charge >= 0.3 is 16.4 Å². The fourth-order valence-corrected chi connectivity index (χ4v) is 8.83. The molecule has 12 nitrogen and oxygen atoms in total. The minimum Gasteiger partial charge on any atom is -0.457 e. The van der Waals surface area contributed by atoms with Crippen molar-refractivity contribution >= 4 is 16.4 Å². The van der Waals surface area contributed by atoms with Crippen molar-refractivity contribution in [3.05, 3.63) is 0 Å². The van der Waals surface area contributed by atoms with Crippen LogP contribution in [0, 0.1) is 0 Å². The van der Waals surface area contributed by atoms with Crippen LogP contribution >= 0.6 is 0 Å². The van der Waals surface area contributed by atoms with Gasteiger partial charge in [-0.05, 0) is 12.8 Å². The molecule has 62 heavy (non-hydrogen) atoms. The molecule has 0 aliphatic carbocycles. The summed E-state index contributed by atoms with van der Waals surface area (Å²) in [5, 5.41) is 30.7. The summed E-state index contributed by atoms with van der Waals surface area (Å²) < 4.78 is 59.2. The molecule has 1 aliphatic heterocycles. The molecular weight excluding hydrogens is 813 g/mol. The molecule has 1 heterocycles. The van der Waals surface area contributed by atoms with E-state index in [4.69, 9.17) is 18.9 Å². The molecule has 370 valence electrons. The topological polar surface area (TPSA) is 178 Å². The molecule has 4 N–H and O–H groups in total. The Labute approximate surface area is 379 Å². The van der Waals surface area contributed by atoms with Crippen molar-refractivity contribution in [2.75, 3.05) is 26.4 Å². The first-order valence-corrected chi connectivity index (χ1v) is 27.2. The molecule has 0 radical (unpaired) electrons. The van der Waals surface area contributed by atoms with Crippen molar-refractivity contribution in [1.29, 1.82) is 0 Å². The fourth-order valence-electron chi connectivity index (χ4n) is 8.32. The van der Waals surface area contributed by atoms with Crippen molar-refractivity contribution in [3.8, 4) is 0 Å². The Morgan fingerprint density at radius 2 is 0.919 bits per heavy atom. The van der Waals surface area contributed by atoms with E-state index >= 15 is 0 Å². The van der Waals surface area contributed by atoms with E-state index in [0.29, 0.717) is 13.0 Å². The summed E-state index contributed by atoms with van der Waals surface area (Å²) in [4.78, 5) is 12.9. The second-order valence-corrected chi connectivity index (χ2v) is 19.2. The highest BCUT2D eigenvalue weighted by atomic mass is 32.3. The first-order valence-electron chi connectivity index (χ1n) is 25.8. The van der Waals surface area contributed by atoms with Gasteiger partial charge in [-0.2, -0.15) is 8.42 Å². The van der Waals surface area contributed by atoms with Crippen LogP contribution in [-0.4, -0.2) is 97.5 Å². The third-order valence-electron chi connectivity index (χ3n) is 12.2. The number of ether oxygens (including phenoxy) is 4. The van der Waals surface area contributed by atoms with Gasteiger partial charge in [0.2, 0.25) is 0 Å². The molecule has 1 aliphatic rings. The van der Waals surface area contributed by atoms with Crippen molar-refractivity contribution < 1.29 is 56.2 Å². The summed E-state index contributed by atoms with van der Waals surface area (Å²) in [5.74, 6) is -0.391. The highest BCUT2D eigenvalue weighted by Gasteiger charge is 2.48. The summed E-state index contributed by atoms with van der Waals surface area (Å²) >= 11 is 0. The number of carbonyl (C=O) groups excluding carboxylic acids is 1. The Kier molecular flexibility index (Phi) is 39.6. The smallest absolute Gasteiger partial charge is 0.397 e. The minimum atomic E-state index is -5.06. The highest BCUT2D eigenvalue weighted by Crippen LogP contribution is 2.26. The zero-order chi connectivity index (χ0) is 45.4. The summed E-state index contributed by atoms with van der Waals surface area (Å²) in [6, 6.07) is 0. The summed E-state index contributed by atoms with van der Waals surface area (Å²) in [5.41, 5.74) is 0. The second-order valence-electron chi connectivity index (χ2n) is 18.1. The molecule has 1 rings (SSSR count). The molecule has 1 saturated heterocycles. The lowest BCUT2D eigenvalue weighted by atomic mass is 9.99. The molecule has 1 fully saturated rings. The zero-order valence-electron chi connectivity index (χ0n) is 39.7. The van der Waals surface area contributed by atoms with Gasteiger partial charge in [0.1, 0.15) is 30.5 Å². The number of unbranched alkanes of at least 4 members (excludes halogenated alkanes) is 33. The minimum absolute atomic E-state index is 0.0448. The van der Waals surface area contributed by atoms with Crippen LogP contribution < -0.4 is 0 Å². The van der Waals surface area contributed by atoms with E-state index in [1.165, 1.54) is 180 Å². The van der Waals surface area contributed by atoms with Crippen molar-refractivity contribution in [3.63, 3.8) is 0 Å². The zero-order valence-corrected chi connectivity index (χ0v) is 40.5. The summed E-state index contributed by atoms with van der Waals surface area (Å²) in [7, 11) is -5.06. The van der Waals surface area contributed by atoms with E-state index < -0.39 is 59.8 Å². The van der Waals surface area contributed by atoms with Gasteiger partial charge in [-0.3, -0.25) is 9.35 Å². The molecular formula is C49H96O12S. The first-order chi connectivity index (χ1) is 30.1. The third-order valence-corrected chi connectivity index (χ3v) is 12.7. The summed E-state index contributed by atoms with van der Waals surface area (Å²) in [6.07, 6.45) is 35.7. The number of rotatable bonds is 46. The summed E-state index contributed by atoms with van der Waals surface area (Å²) in [6.45, 7) is 4.05. The van der Waals surface area contributed by atoms with Crippen LogP contribution in [-0.2, 0) is 38.3 Å². The second kappa shape index (κ2) is 41.5. The van der Waals surface area contributed by atoms with Gasteiger partial charge in [0.15, 0.2) is 6.29 Å². The number of aliphatic hydroxyl groups excluding tert-OH is 3. The maximum atomic E-state index is 12.9. The van der Waals surface area contributed by atoms with E-state index in [-0.39, 0.29) is 19.6 Å². The van der Waals surface area contributed by atoms with Crippen LogP contribution in [0.1, 0.15) is 245 Å². The van der Waals surface area contributed by atoms with E-state index in [1.807, 2.05) is 0 Å². The van der Waals surface area contributed by atoms with Crippen molar-refractivity contribution in [1.82, 2.24) is 0 Å². The number of hydrogen-bond acceptors (Lipinski definition) is 11. The number of esters is 1. The normalized spacial score (nSPS) is 19.9. The lowest BCUT2D eigenvalue weighted by Crippen LogP contribution is -2.60. The van der Waals surface area contributed by atoms with Gasteiger partial charge < -0.3 is 34.3 Å². The molecule has 0 saturated carbocycles. The van der Waals surface area contributed by atoms with Crippen molar-refractivity contribution in [2.45, 2.75) is 282 Å². The van der Waals surface area contributed by atoms with Gasteiger partial charge in [-0.1, -0.05) is 226 Å². The highest BCUT2D eigenvalue weighted by molar-refractivity contribution is 7.80. The van der Waals surface area contributed by atoms with Crippen LogP contribution in [0.5, 0.6) is 0 Å². The van der Waals surface area contributed by atoms with E-state index in [2.05, 4.69) is 18.0 Å². The van der Waals surface area contributed by atoms with E-state index in [9.17, 15) is 33.1 Å². The largest absolute Gasteiger partial charge is 0.457 e. The van der Waals surface area contributed by atoms with E-state index in [1.54, 1.807) is 0 Å². The quantitative estimate of drug-likeness (QED) is 0.0258. The van der Waals surface area contributed by atoms with Gasteiger partial charge in [-0.25, -0.2) is 4.18 Å². The predicted octanol–water partition coefficient (Wildman–Crippen LogP) is 11.6. The third kappa shape index (κ3) is 34.4. The van der Waals surface area contributed by atoms with Gasteiger partial charge in [-0.15, -0.1) is 0 Å². The number of hydrogen-bond donors (Lipinski definition) is 4. The van der Waals surface area contributed by atoms with Crippen LogP contribution in [0.3, 0.4) is 0 Å². The predicted molar refractivity (Wildman–Crippen MR) is 248 cm³/mol. The number of carbonyl (C=O) groups is 1. The van der Waals surface area contributed by atoms with Crippen LogP contribution in [0.2, 0.25) is 0 Å². The number of aliphatic hydroxyl groups is 3. The van der Waals surface area contributed by atoms with Gasteiger partial charge in [0.05, 0.1) is 19.8 Å². The van der Waals surface area contributed by atoms with Gasteiger partial charge in [0, 0.05) is 13.0 Å². The molecule has 6 unspecified atom stereocenters. The van der Waals surface area contributed by atoms with Crippen LogP contribution in [0.25, 0.3) is 0 Å². The average molecular weight is 909 g/mol. The van der Waals surface area contributed by atoms with Gasteiger partial charge in [0.25, 0.3) is 0 Å². The molecule has 0 aromatic carbocycles. The monoisotopic (exact) mass is 909 g/mol. The average Bonchev–Trinajstić information content (AvgIpc) is 3.24. The molecule has 6 atom stereocenters. The fraction of sp³-hybridized carbons (Fsp3) is 0.980. The Bertz CT molecular complexity index is 1090. The first kappa shape index (κ1) is 59.1. The molecule has 0 spiro atoms. The maximum absolute atomic E-state index is 12.9. The molecule has 13 heteroatoms. The van der Waals surface area contributed by atoms with Crippen LogP contribution in [0.15, 0.2) is 0 Å². The standard InChI is InChI=1S/C49H96O12S/c1-3-5-7-9-11-13-15-17-18-19-20-21-22-23-24-25-26-28-30-32-34-36-38-45(51)59-43(41-57-39-37-35-33-31-29-27-16-14-12-10-8-6-4-2)42-58-49-47(53)48(61-62(54,55)56)46(52)44(40-50)60-49/h43-44,46-50,52-53H,3-42H2,1-2H3,(H,54,55,56). The lowest BCUT2D eigenvalue weighted by molar-refractivity contribution is -0.301. The molecule has 0 aromatic rings. The van der Waals surface area contributed by atoms with Crippen molar-refractivity contribution in [2.24, 2.45) is 0 Å². The SMILES string of the molecule is CCCCCCCCCCCCCCCCCCCCCCCCC(=O)OC(COCCCCCCCCCCCCCCC)COC1OC(CO)C(O)C(OS(=O)(=O)O)C1O. The Balaban J connectivity index is 2.31. The Hall–Kier alpha value is -0.900. The Morgan fingerprint density at radius 1 is 0.548 bits per heavy atom. The van der Waals surface area contributed by atoms with E-state index in [0.717, 1.165) is 38.5 Å². The molecule has 0 aromatic heterocycles.